The van der Waals surface area contributed by atoms with E-state index in [1.807, 2.05) is 0 Å². The maximum atomic E-state index is 12.8. The summed E-state index contributed by atoms with van der Waals surface area (Å²) in [6.45, 7) is 8.75. The summed E-state index contributed by atoms with van der Waals surface area (Å²) in [5.41, 5.74) is 0.104. The Morgan fingerprint density at radius 1 is 0.969 bits per heavy atom. The molecule has 0 heterocycles. The van der Waals surface area contributed by atoms with Crippen molar-refractivity contribution >= 4 is 11.8 Å². The maximum absolute atomic E-state index is 12.8. The molecule has 4 heteroatoms. The van der Waals surface area contributed by atoms with Gasteiger partial charge in [-0.3, -0.25) is 9.59 Å². The zero-order valence-corrected chi connectivity index (χ0v) is 20.9. The number of aliphatic hydroxyl groups is 1. The highest BCUT2D eigenvalue weighted by molar-refractivity contribution is 5.79. The van der Waals surface area contributed by atoms with Gasteiger partial charge in [0.25, 0.3) is 0 Å². The van der Waals surface area contributed by atoms with Crippen molar-refractivity contribution in [3.8, 4) is 0 Å². The predicted octanol–water partition coefficient (Wildman–Crippen LogP) is 6.09. The number of ether oxygens (including phenoxy) is 1. The zero-order chi connectivity index (χ0) is 23.1. The lowest BCUT2D eigenvalue weighted by molar-refractivity contribution is -0.202. The van der Waals surface area contributed by atoms with Gasteiger partial charge in [0.05, 0.1) is 6.10 Å². The van der Waals surface area contributed by atoms with Crippen LogP contribution in [0.2, 0.25) is 0 Å². The van der Waals surface area contributed by atoms with Gasteiger partial charge >= 0.3 is 5.97 Å². The highest BCUT2D eigenvalue weighted by Gasteiger charge is 2.63. The van der Waals surface area contributed by atoms with Gasteiger partial charge < -0.3 is 9.84 Å². The molecule has 0 aliphatic heterocycles. The van der Waals surface area contributed by atoms with E-state index in [0.717, 1.165) is 51.4 Å². The molecule has 0 bridgehead atoms. The average molecular weight is 447 g/mol. The Morgan fingerprint density at radius 2 is 1.75 bits per heavy atom. The Morgan fingerprint density at radius 3 is 2.47 bits per heavy atom. The van der Waals surface area contributed by atoms with Crippen molar-refractivity contribution in [3.05, 3.63) is 0 Å². The van der Waals surface area contributed by atoms with Crippen LogP contribution in [0.25, 0.3) is 0 Å². The summed E-state index contributed by atoms with van der Waals surface area (Å²) in [6.07, 6.45) is 12.5. The number of ketones is 1. The number of unbranched alkanes of at least 4 members (excludes halogenated alkanes) is 3. The van der Waals surface area contributed by atoms with Gasteiger partial charge in [0.15, 0.2) is 0 Å². The van der Waals surface area contributed by atoms with E-state index >= 15 is 0 Å². The number of carbonyl (C=O) groups is 2. The molecule has 182 valence electrons. The molecule has 1 N–H and O–H groups in total. The standard InChI is InChI=1S/C28H46O4/c1-5-6-7-8-9-26(31)32-25-17-20(30)16-19-10-11-21-23-13-12-22(18(2)29)27(23,3)15-14-24(21)28(19,25)4/h19-25,30H,5-17H2,1-4H3/t19-,20-,21+,22+,23-,24-,25?,27+,28-/m0/s1. The quantitative estimate of drug-likeness (QED) is 0.380. The molecule has 1 unspecified atom stereocenters. The lowest BCUT2D eigenvalue weighted by Crippen LogP contribution is -2.60. The fourth-order valence-electron chi connectivity index (χ4n) is 9.03. The molecule has 9 atom stereocenters. The summed E-state index contributed by atoms with van der Waals surface area (Å²) >= 11 is 0. The molecule has 4 fully saturated rings. The topological polar surface area (TPSA) is 63.6 Å². The number of hydrogen-bond donors (Lipinski definition) is 1. The Balaban J connectivity index is 1.53. The molecule has 0 saturated heterocycles. The molecule has 4 aliphatic rings. The number of Topliss-reactive ketones (excluding diaryl/α,β-unsaturated/α-hetero) is 1. The second-order valence-corrected chi connectivity index (χ2v) is 12.2. The Labute approximate surface area is 195 Å². The minimum Gasteiger partial charge on any atom is -0.462 e. The molecule has 0 spiro atoms. The molecule has 0 aromatic rings. The number of esters is 1. The molecule has 4 aliphatic carbocycles. The summed E-state index contributed by atoms with van der Waals surface area (Å²) < 4.78 is 6.21. The third-order valence-electron chi connectivity index (χ3n) is 10.7. The largest absolute Gasteiger partial charge is 0.462 e. The average Bonchev–Trinajstić information content (AvgIpc) is 3.10. The van der Waals surface area contributed by atoms with E-state index in [9.17, 15) is 14.7 Å². The molecular weight excluding hydrogens is 400 g/mol. The van der Waals surface area contributed by atoms with Crippen molar-refractivity contribution in [1.82, 2.24) is 0 Å². The van der Waals surface area contributed by atoms with Crippen LogP contribution >= 0.6 is 0 Å². The predicted molar refractivity (Wildman–Crippen MR) is 126 cm³/mol. The van der Waals surface area contributed by atoms with Crippen LogP contribution in [0.4, 0.5) is 0 Å². The molecule has 32 heavy (non-hydrogen) atoms. The lowest BCUT2D eigenvalue weighted by Gasteiger charge is -2.62. The van der Waals surface area contributed by atoms with Gasteiger partial charge in [-0.05, 0) is 87.4 Å². The van der Waals surface area contributed by atoms with E-state index in [2.05, 4.69) is 20.8 Å². The first-order chi connectivity index (χ1) is 15.2. The lowest BCUT2D eigenvalue weighted by atomic mass is 9.44. The zero-order valence-electron chi connectivity index (χ0n) is 20.9. The third-order valence-corrected chi connectivity index (χ3v) is 10.7. The van der Waals surface area contributed by atoms with Crippen LogP contribution in [-0.2, 0) is 14.3 Å². The Kier molecular flexibility index (Phi) is 7.11. The number of hydrogen-bond acceptors (Lipinski definition) is 4. The van der Waals surface area contributed by atoms with Crippen molar-refractivity contribution in [2.75, 3.05) is 0 Å². The smallest absolute Gasteiger partial charge is 0.306 e. The van der Waals surface area contributed by atoms with Crippen LogP contribution in [0.1, 0.15) is 111 Å². The molecule has 0 amide bonds. The minimum atomic E-state index is -0.357. The van der Waals surface area contributed by atoms with Crippen molar-refractivity contribution in [3.63, 3.8) is 0 Å². The molecule has 4 saturated carbocycles. The normalized spacial score (nSPS) is 45.5. The third kappa shape index (κ3) is 4.07. The molecule has 0 radical (unpaired) electrons. The van der Waals surface area contributed by atoms with Gasteiger partial charge in [-0.2, -0.15) is 0 Å². The van der Waals surface area contributed by atoms with Crippen molar-refractivity contribution in [1.29, 1.82) is 0 Å². The summed E-state index contributed by atoms with van der Waals surface area (Å²) in [6, 6.07) is 0. The number of carbonyl (C=O) groups excluding carboxylic acids is 2. The van der Waals surface area contributed by atoms with Gasteiger partial charge in [-0.25, -0.2) is 0 Å². The van der Waals surface area contributed by atoms with Crippen LogP contribution < -0.4 is 0 Å². The number of aliphatic hydroxyl groups excluding tert-OH is 1. The summed E-state index contributed by atoms with van der Waals surface area (Å²) in [5.74, 6) is 2.74. The summed E-state index contributed by atoms with van der Waals surface area (Å²) in [5, 5.41) is 10.6. The molecule has 4 nitrogen and oxygen atoms in total. The Hall–Kier alpha value is -0.900. The first-order valence-corrected chi connectivity index (χ1v) is 13.6. The van der Waals surface area contributed by atoms with Crippen LogP contribution in [0.5, 0.6) is 0 Å². The van der Waals surface area contributed by atoms with Gasteiger partial charge in [0.2, 0.25) is 0 Å². The highest BCUT2D eigenvalue weighted by atomic mass is 16.5. The van der Waals surface area contributed by atoms with E-state index in [1.165, 1.54) is 19.3 Å². The first-order valence-electron chi connectivity index (χ1n) is 13.6. The van der Waals surface area contributed by atoms with E-state index in [4.69, 9.17) is 4.74 Å². The maximum Gasteiger partial charge on any atom is 0.306 e. The molecular formula is C28H46O4. The van der Waals surface area contributed by atoms with E-state index < -0.39 is 0 Å². The monoisotopic (exact) mass is 446 g/mol. The van der Waals surface area contributed by atoms with Crippen molar-refractivity contribution in [2.45, 2.75) is 123 Å². The van der Waals surface area contributed by atoms with Crippen LogP contribution in [0, 0.1) is 40.4 Å². The van der Waals surface area contributed by atoms with Gasteiger partial charge in [-0.1, -0.05) is 40.0 Å². The molecule has 0 aromatic heterocycles. The van der Waals surface area contributed by atoms with E-state index in [-0.39, 0.29) is 34.9 Å². The van der Waals surface area contributed by atoms with Crippen molar-refractivity contribution < 1.29 is 19.4 Å². The number of rotatable bonds is 7. The fourth-order valence-corrected chi connectivity index (χ4v) is 9.03. The van der Waals surface area contributed by atoms with Crippen LogP contribution in [0.15, 0.2) is 0 Å². The second kappa shape index (κ2) is 9.39. The van der Waals surface area contributed by atoms with E-state index in [1.54, 1.807) is 6.92 Å². The van der Waals surface area contributed by atoms with E-state index in [0.29, 0.717) is 42.3 Å². The highest BCUT2D eigenvalue weighted by Crippen LogP contribution is 2.67. The molecule has 4 rings (SSSR count). The SMILES string of the molecule is CCCCCCC(=O)OC1C[C@@H](O)C[C@@H]2CC[C@@H]3[C@@H]4CC[C@H](C(C)=O)[C@@]4(C)CC[C@@H]3[C@@]12C. The molecule has 0 aromatic carbocycles. The second-order valence-electron chi connectivity index (χ2n) is 12.2. The van der Waals surface area contributed by atoms with Crippen LogP contribution in [0.3, 0.4) is 0 Å². The van der Waals surface area contributed by atoms with Gasteiger partial charge in [0.1, 0.15) is 11.9 Å². The first kappa shape index (κ1) is 24.2. The number of fused-ring (bicyclic) bond motifs is 5. The van der Waals surface area contributed by atoms with Gasteiger partial charge in [-0.15, -0.1) is 0 Å². The summed E-state index contributed by atoms with van der Waals surface area (Å²) in [7, 11) is 0. The van der Waals surface area contributed by atoms with Crippen molar-refractivity contribution in [2.24, 2.45) is 40.4 Å². The fraction of sp³-hybridized carbons (Fsp3) is 0.929. The van der Waals surface area contributed by atoms with Crippen LogP contribution in [-0.4, -0.2) is 29.1 Å². The minimum absolute atomic E-state index is 0.0448. The van der Waals surface area contributed by atoms with Gasteiger partial charge in [0, 0.05) is 24.2 Å². The summed E-state index contributed by atoms with van der Waals surface area (Å²) in [4.78, 5) is 25.2. The Bertz CT molecular complexity index is 704.